The Morgan fingerprint density at radius 3 is 1.78 bits per heavy atom. The molecule has 4 aromatic carbocycles. The van der Waals surface area contributed by atoms with Crippen molar-refractivity contribution in [2.24, 2.45) is 0 Å². The van der Waals surface area contributed by atoms with Gasteiger partial charge in [-0.3, -0.25) is 4.57 Å². The van der Waals surface area contributed by atoms with E-state index in [1.807, 2.05) is 59.2 Å². The van der Waals surface area contributed by atoms with E-state index in [2.05, 4.69) is 54.5 Å². The second-order valence-electron chi connectivity index (χ2n) is 8.65. The summed E-state index contributed by atoms with van der Waals surface area (Å²) in [6.07, 6.45) is 2.89. The molecule has 1 aliphatic heterocycles. The van der Waals surface area contributed by atoms with Crippen LogP contribution in [-0.2, 0) is 10.0 Å². The lowest BCUT2D eigenvalue weighted by Crippen LogP contribution is -2.33. The van der Waals surface area contributed by atoms with Crippen molar-refractivity contribution in [1.29, 1.82) is 0 Å². The van der Waals surface area contributed by atoms with Gasteiger partial charge in [0.15, 0.2) is 0 Å². The van der Waals surface area contributed by atoms with Crippen LogP contribution in [0.25, 0.3) is 39.0 Å². The summed E-state index contributed by atoms with van der Waals surface area (Å²) < 4.78 is 30.6. The number of fused-ring (bicyclic) bond motifs is 3. The lowest BCUT2D eigenvalue weighted by Gasteiger charge is -2.30. The van der Waals surface area contributed by atoms with Gasteiger partial charge in [-0.2, -0.15) is 0 Å². The maximum atomic E-state index is 13.8. The Hall–Kier alpha value is -4.68. The smallest absolute Gasteiger partial charge is 0.273 e. The monoisotopic (exact) mass is 501 g/mol. The number of sulfonamides is 1. The van der Waals surface area contributed by atoms with E-state index in [1.165, 1.54) is 16.5 Å². The van der Waals surface area contributed by atoms with Crippen LogP contribution in [0.2, 0.25) is 0 Å². The van der Waals surface area contributed by atoms with E-state index in [4.69, 9.17) is 0 Å². The van der Waals surface area contributed by atoms with Crippen molar-refractivity contribution in [2.45, 2.75) is 0 Å². The molecule has 0 radical (unpaired) electrons. The fourth-order valence-electron chi connectivity index (χ4n) is 4.77. The lowest BCUT2D eigenvalue weighted by atomic mass is 10.0. The van der Waals surface area contributed by atoms with Gasteiger partial charge in [0.25, 0.3) is 10.0 Å². The van der Waals surface area contributed by atoms with E-state index in [1.54, 1.807) is 12.1 Å². The average molecular weight is 502 g/mol. The lowest BCUT2D eigenvalue weighted by molar-refractivity contribution is 0.601. The highest BCUT2D eigenvalue weighted by Gasteiger charge is 2.38. The molecule has 1 aromatic heterocycles. The predicted octanol–water partition coefficient (Wildman–Crippen LogP) is 7.39. The number of benzene rings is 4. The summed E-state index contributed by atoms with van der Waals surface area (Å²) in [6, 6.07) is 33.6. The molecule has 0 amide bonds. The summed E-state index contributed by atoms with van der Waals surface area (Å²) in [4.78, 5) is 4.77. The highest BCUT2D eigenvalue weighted by atomic mass is 32.2. The van der Waals surface area contributed by atoms with Gasteiger partial charge in [0.1, 0.15) is 4.91 Å². The van der Waals surface area contributed by atoms with Gasteiger partial charge in [-0.1, -0.05) is 92.0 Å². The van der Waals surface area contributed by atoms with E-state index >= 15 is 0 Å². The first-order valence-corrected chi connectivity index (χ1v) is 13.2. The molecular weight excluding hydrogens is 478 g/mol. The summed E-state index contributed by atoms with van der Waals surface area (Å²) in [5.41, 5.74) is 6.74. The van der Waals surface area contributed by atoms with Gasteiger partial charge in [0, 0.05) is 0 Å². The number of nitrogens with zero attached hydrogens (tertiary/aromatic N) is 3. The van der Waals surface area contributed by atoms with Crippen LogP contribution in [0.4, 0.5) is 11.6 Å². The molecule has 0 fully saturated rings. The molecule has 5 aromatic rings. The third kappa shape index (κ3) is 3.61. The zero-order valence-electron chi connectivity index (χ0n) is 20.0. The molecule has 0 N–H and O–H groups in total. The van der Waals surface area contributed by atoms with Gasteiger partial charge in [0.05, 0.1) is 22.4 Å². The quantitative estimate of drug-likeness (QED) is 0.252. The molecule has 5 nitrogen and oxygen atoms in total. The number of hydrogen-bond donors (Lipinski definition) is 0. The van der Waals surface area contributed by atoms with Gasteiger partial charge in [-0.25, -0.2) is 17.7 Å². The molecule has 0 atom stereocenters. The summed E-state index contributed by atoms with van der Waals surface area (Å²) in [5, 5.41) is 0. The molecule has 0 saturated carbocycles. The second kappa shape index (κ2) is 8.76. The third-order valence-electron chi connectivity index (χ3n) is 6.54. The Morgan fingerprint density at radius 2 is 1.19 bits per heavy atom. The Balaban J connectivity index is 1.43. The SMILES string of the molecule is C=CC1=C(C=C)S(=O)(=O)N(c2ccc(-c3ccc(-c4ccccc4)cc3)cc2)c2nc3ccccc3n21. The maximum absolute atomic E-state index is 13.8. The van der Waals surface area contributed by atoms with E-state index in [9.17, 15) is 8.42 Å². The first-order valence-electron chi connectivity index (χ1n) is 11.8. The van der Waals surface area contributed by atoms with Crippen molar-refractivity contribution < 1.29 is 8.42 Å². The van der Waals surface area contributed by atoms with E-state index in [-0.39, 0.29) is 4.91 Å². The van der Waals surface area contributed by atoms with Crippen LogP contribution in [0.3, 0.4) is 0 Å². The molecule has 37 heavy (non-hydrogen) atoms. The Bertz CT molecular complexity index is 1800. The molecule has 0 unspecified atom stereocenters. The van der Waals surface area contributed by atoms with Gasteiger partial charge >= 0.3 is 0 Å². The van der Waals surface area contributed by atoms with Crippen LogP contribution in [0, 0.1) is 0 Å². The number of para-hydroxylation sites is 2. The molecule has 0 saturated heterocycles. The fourth-order valence-corrected chi connectivity index (χ4v) is 6.35. The number of rotatable bonds is 5. The zero-order chi connectivity index (χ0) is 25.6. The van der Waals surface area contributed by atoms with Crippen LogP contribution < -0.4 is 4.31 Å². The zero-order valence-corrected chi connectivity index (χ0v) is 20.8. The van der Waals surface area contributed by atoms with Crippen LogP contribution in [-0.4, -0.2) is 18.0 Å². The minimum atomic E-state index is -3.96. The van der Waals surface area contributed by atoms with Crippen molar-refractivity contribution in [1.82, 2.24) is 9.55 Å². The molecule has 180 valence electrons. The van der Waals surface area contributed by atoms with Crippen molar-refractivity contribution in [3.05, 3.63) is 133 Å². The highest BCUT2D eigenvalue weighted by Crippen LogP contribution is 2.42. The molecular formula is C31H23N3O2S. The van der Waals surface area contributed by atoms with E-state index < -0.39 is 10.0 Å². The molecule has 0 spiro atoms. The normalized spacial score (nSPS) is 14.4. The van der Waals surface area contributed by atoms with Crippen molar-refractivity contribution in [3.8, 4) is 22.3 Å². The van der Waals surface area contributed by atoms with Crippen LogP contribution >= 0.6 is 0 Å². The van der Waals surface area contributed by atoms with Gasteiger partial charge in [0.2, 0.25) is 5.95 Å². The Kier molecular flexibility index (Phi) is 5.39. The van der Waals surface area contributed by atoms with Crippen molar-refractivity contribution >= 4 is 38.4 Å². The summed E-state index contributed by atoms with van der Waals surface area (Å²) >= 11 is 0. The molecule has 0 bridgehead atoms. The number of anilines is 2. The summed E-state index contributed by atoms with van der Waals surface area (Å²) in [7, 11) is -3.96. The first-order chi connectivity index (χ1) is 18.0. The van der Waals surface area contributed by atoms with Crippen molar-refractivity contribution in [3.63, 3.8) is 0 Å². The molecule has 0 aliphatic carbocycles. The number of allylic oxidation sites excluding steroid dienone is 3. The van der Waals surface area contributed by atoms with Crippen LogP contribution in [0.1, 0.15) is 0 Å². The fraction of sp³-hybridized carbons (Fsp3) is 0. The number of imidazole rings is 1. The molecule has 2 heterocycles. The Morgan fingerprint density at radius 1 is 0.649 bits per heavy atom. The summed E-state index contributed by atoms with van der Waals surface area (Å²) in [6.45, 7) is 7.65. The molecule has 1 aliphatic rings. The van der Waals surface area contributed by atoms with E-state index in [0.717, 1.165) is 27.8 Å². The van der Waals surface area contributed by atoms with E-state index in [0.29, 0.717) is 22.8 Å². The predicted molar refractivity (Wildman–Crippen MR) is 152 cm³/mol. The van der Waals surface area contributed by atoms with Crippen LogP contribution in [0.5, 0.6) is 0 Å². The highest BCUT2D eigenvalue weighted by molar-refractivity contribution is 7.97. The first kappa shape index (κ1) is 22.8. The van der Waals surface area contributed by atoms with Crippen LogP contribution in [0.15, 0.2) is 133 Å². The summed E-state index contributed by atoms with van der Waals surface area (Å²) in [5.74, 6) is 0.293. The van der Waals surface area contributed by atoms with Gasteiger partial charge in [-0.05, 0) is 58.7 Å². The topological polar surface area (TPSA) is 55.2 Å². The number of aromatic nitrogens is 2. The van der Waals surface area contributed by atoms with Crippen molar-refractivity contribution in [2.75, 3.05) is 4.31 Å². The minimum absolute atomic E-state index is 0.0822. The second-order valence-corrected chi connectivity index (χ2v) is 10.4. The standard InChI is InChI=1S/C31H23N3O2S/c1-3-28-30(4-2)37(35,36)34(31-32-27-12-8-9-13-29(27)33(28)31)26-20-18-25(19-21-26)24-16-14-23(15-17-24)22-10-6-5-7-11-22/h3-21H,1-2H2. The molecule has 6 heteroatoms. The van der Waals surface area contributed by atoms with Gasteiger partial charge in [-0.15, -0.1) is 0 Å². The Labute approximate surface area is 216 Å². The minimum Gasteiger partial charge on any atom is -0.276 e. The average Bonchev–Trinajstić information content (AvgIpc) is 3.31. The maximum Gasteiger partial charge on any atom is 0.273 e. The largest absolute Gasteiger partial charge is 0.276 e. The van der Waals surface area contributed by atoms with Gasteiger partial charge < -0.3 is 0 Å². The molecule has 6 rings (SSSR count). The number of hydrogen-bond acceptors (Lipinski definition) is 3. The third-order valence-corrected chi connectivity index (χ3v) is 8.33.